The van der Waals surface area contributed by atoms with Gasteiger partial charge in [-0.05, 0) is 95.7 Å². The van der Waals surface area contributed by atoms with Crippen molar-refractivity contribution in [1.29, 1.82) is 0 Å². The van der Waals surface area contributed by atoms with Crippen LogP contribution in [0, 0.1) is 0 Å². The molecule has 1 aliphatic heterocycles. The van der Waals surface area contributed by atoms with Gasteiger partial charge in [0.25, 0.3) is 0 Å². The fourth-order valence-electron chi connectivity index (χ4n) is 10.5. The van der Waals surface area contributed by atoms with Gasteiger partial charge in [-0.2, -0.15) is 0 Å². The summed E-state index contributed by atoms with van der Waals surface area (Å²) in [5, 5.41) is 2.54. The minimum atomic E-state index is -0.519. The molecule has 0 unspecified atom stereocenters. The van der Waals surface area contributed by atoms with Crippen molar-refractivity contribution in [3.8, 4) is 44.9 Å². The van der Waals surface area contributed by atoms with E-state index in [-0.39, 0.29) is 0 Å². The molecule has 0 atom stereocenters. The first-order valence-corrected chi connectivity index (χ1v) is 19.2. The van der Waals surface area contributed by atoms with E-state index in [1.807, 2.05) is 0 Å². The van der Waals surface area contributed by atoms with Crippen LogP contribution in [-0.2, 0) is 10.8 Å². The van der Waals surface area contributed by atoms with E-state index in [1.165, 1.54) is 83.1 Å². The molecule has 0 saturated heterocycles. The molecule has 0 fully saturated rings. The smallest absolute Gasteiger partial charge is 0.132 e. The second kappa shape index (κ2) is 11.3. The van der Waals surface area contributed by atoms with Crippen LogP contribution < -0.4 is 4.74 Å². The summed E-state index contributed by atoms with van der Waals surface area (Å²) in [5.74, 6) is 1.80. The normalized spacial score (nSPS) is 14.6. The minimum Gasteiger partial charge on any atom is -0.457 e. The Morgan fingerprint density at radius 1 is 0.309 bits per heavy atom. The third kappa shape index (κ3) is 3.92. The molecule has 1 nitrogen and oxygen atoms in total. The minimum absolute atomic E-state index is 0.480. The lowest BCUT2D eigenvalue weighted by Crippen LogP contribution is -2.32. The Labute approximate surface area is 320 Å². The molecule has 0 aromatic heterocycles. The van der Waals surface area contributed by atoms with Gasteiger partial charge in [-0.3, -0.25) is 0 Å². The summed E-state index contributed by atoms with van der Waals surface area (Å²) >= 11 is 0. The standard InChI is InChI=1S/C54H34O/c1-3-16-38(17-4-1)53(39-18-5-2-6-19-39)49-33-36(28-30-43(49)44-31-27-35-15-7-8-20-40(35)52(44)53)37-29-32-48-51(34-37)55-50-26-14-13-25-47(50)54(48)45-23-11-9-21-41(45)42-22-10-12-24-46(42)54/h1-34H. The van der Waals surface area contributed by atoms with Crippen LogP contribution in [0.4, 0.5) is 0 Å². The van der Waals surface area contributed by atoms with E-state index in [4.69, 9.17) is 4.74 Å². The van der Waals surface area contributed by atoms with E-state index in [0.29, 0.717) is 0 Å². The van der Waals surface area contributed by atoms with Gasteiger partial charge in [0.05, 0.1) is 10.8 Å². The molecule has 256 valence electrons. The summed E-state index contributed by atoms with van der Waals surface area (Å²) < 4.78 is 6.93. The Balaban J connectivity index is 1.11. The Hall–Kier alpha value is -6.96. The van der Waals surface area contributed by atoms with Gasteiger partial charge >= 0.3 is 0 Å². The maximum Gasteiger partial charge on any atom is 0.132 e. The molecule has 9 aromatic rings. The Morgan fingerprint density at radius 2 is 0.836 bits per heavy atom. The summed E-state index contributed by atoms with van der Waals surface area (Å²) in [4.78, 5) is 0. The Kier molecular flexibility index (Phi) is 6.25. The lowest BCUT2D eigenvalue weighted by atomic mass is 9.65. The number of rotatable bonds is 3. The Morgan fingerprint density at radius 3 is 1.56 bits per heavy atom. The zero-order valence-electron chi connectivity index (χ0n) is 30.0. The van der Waals surface area contributed by atoms with Gasteiger partial charge in [-0.25, -0.2) is 0 Å². The molecular weight excluding hydrogens is 665 g/mol. The van der Waals surface area contributed by atoms with Crippen molar-refractivity contribution in [2.45, 2.75) is 10.8 Å². The highest BCUT2D eigenvalue weighted by Crippen LogP contribution is 2.63. The zero-order chi connectivity index (χ0) is 36.1. The molecule has 1 spiro atoms. The van der Waals surface area contributed by atoms with Gasteiger partial charge in [0, 0.05) is 11.1 Å². The topological polar surface area (TPSA) is 9.23 Å². The lowest BCUT2D eigenvalue weighted by Gasteiger charge is -2.39. The number of ether oxygens (including phenoxy) is 1. The summed E-state index contributed by atoms with van der Waals surface area (Å²) in [7, 11) is 0. The first-order valence-electron chi connectivity index (χ1n) is 19.2. The highest BCUT2D eigenvalue weighted by molar-refractivity contribution is 6.01. The van der Waals surface area contributed by atoms with Crippen molar-refractivity contribution in [2.75, 3.05) is 0 Å². The molecule has 2 aliphatic carbocycles. The molecule has 0 amide bonds. The fourth-order valence-corrected chi connectivity index (χ4v) is 10.5. The Bertz CT molecular complexity index is 2930. The third-order valence-corrected chi connectivity index (χ3v) is 12.6. The molecular formula is C54H34O. The van der Waals surface area contributed by atoms with Gasteiger partial charge in [0.15, 0.2) is 0 Å². The van der Waals surface area contributed by atoms with E-state index < -0.39 is 10.8 Å². The predicted octanol–water partition coefficient (Wildman–Crippen LogP) is 13.3. The van der Waals surface area contributed by atoms with Crippen LogP contribution in [0.1, 0.15) is 44.5 Å². The number of hydrogen-bond acceptors (Lipinski definition) is 1. The average Bonchev–Trinajstić information content (AvgIpc) is 3.73. The van der Waals surface area contributed by atoms with E-state index in [9.17, 15) is 0 Å². The molecule has 1 heterocycles. The number of benzene rings is 9. The average molecular weight is 699 g/mol. The van der Waals surface area contributed by atoms with Gasteiger partial charge in [0.2, 0.25) is 0 Å². The van der Waals surface area contributed by atoms with Crippen LogP contribution in [-0.4, -0.2) is 0 Å². The van der Waals surface area contributed by atoms with Crippen LogP contribution in [0.5, 0.6) is 11.5 Å². The summed E-state index contributed by atoms with van der Waals surface area (Å²) in [5.41, 5.74) is 16.6. The highest BCUT2D eigenvalue weighted by atomic mass is 16.5. The first kappa shape index (κ1) is 30.5. The number of para-hydroxylation sites is 1. The van der Waals surface area contributed by atoms with Crippen LogP contribution in [0.15, 0.2) is 206 Å². The lowest BCUT2D eigenvalue weighted by molar-refractivity contribution is 0.436. The van der Waals surface area contributed by atoms with Gasteiger partial charge < -0.3 is 4.74 Å². The van der Waals surface area contributed by atoms with Crippen molar-refractivity contribution in [3.63, 3.8) is 0 Å². The van der Waals surface area contributed by atoms with E-state index in [2.05, 4.69) is 206 Å². The second-order valence-corrected chi connectivity index (χ2v) is 15.1. The van der Waals surface area contributed by atoms with Crippen LogP contribution in [0.25, 0.3) is 44.2 Å². The van der Waals surface area contributed by atoms with E-state index in [0.717, 1.165) is 17.1 Å². The SMILES string of the molecule is c1ccc(C2(c3ccccc3)c3cc(-c4ccc5c(c4)Oc4ccccc4C54c5ccccc5-c5ccccc54)ccc3-c3ccc4ccccc4c32)cc1. The second-order valence-electron chi connectivity index (χ2n) is 15.1. The van der Waals surface area contributed by atoms with E-state index >= 15 is 0 Å². The number of hydrogen-bond donors (Lipinski definition) is 0. The van der Waals surface area contributed by atoms with Crippen molar-refractivity contribution in [2.24, 2.45) is 0 Å². The van der Waals surface area contributed by atoms with Gasteiger partial charge in [0.1, 0.15) is 11.5 Å². The molecule has 55 heavy (non-hydrogen) atoms. The molecule has 0 radical (unpaired) electrons. The molecule has 1 heteroatoms. The van der Waals surface area contributed by atoms with Crippen molar-refractivity contribution >= 4 is 10.8 Å². The molecule has 3 aliphatic rings. The number of fused-ring (bicyclic) bond motifs is 14. The molecule has 0 N–H and O–H groups in total. The van der Waals surface area contributed by atoms with Gasteiger partial charge in [-0.1, -0.05) is 188 Å². The van der Waals surface area contributed by atoms with Crippen molar-refractivity contribution in [1.82, 2.24) is 0 Å². The maximum absolute atomic E-state index is 6.93. The van der Waals surface area contributed by atoms with E-state index in [1.54, 1.807) is 0 Å². The summed E-state index contributed by atoms with van der Waals surface area (Å²) in [6.45, 7) is 0. The zero-order valence-corrected chi connectivity index (χ0v) is 30.0. The van der Waals surface area contributed by atoms with Crippen molar-refractivity contribution < 1.29 is 4.74 Å². The van der Waals surface area contributed by atoms with Gasteiger partial charge in [-0.15, -0.1) is 0 Å². The van der Waals surface area contributed by atoms with Crippen molar-refractivity contribution in [3.05, 3.63) is 251 Å². The maximum atomic E-state index is 6.93. The quantitative estimate of drug-likeness (QED) is 0.178. The summed E-state index contributed by atoms with van der Waals surface area (Å²) in [6.07, 6.45) is 0. The monoisotopic (exact) mass is 698 g/mol. The van der Waals surface area contributed by atoms with Crippen LogP contribution >= 0.6 is 0 Å². The fraction of sp³-hybridized carbons (Fsp3) is 0.0370. The van der Waals surface area contributed by atoms with Crippen LogP contribution in [0.2, 0.25) is 0 Å². The molecule has 9 aromatic carbocycles. The predicted molar refractivity (Wildman–Crippen MR) is 224 cm³/mol. The largest absolute Gasteiger partial charge is 0.457 e. The van der Waals surface area contributed by atoms with Crippen LogP contribution in [0.3, 0.4) is 0 Å². The molecule has 12 rings (SSSR count). The third-order valence-electron chi connectivity index (χ3n) is 12.6. The molecule has 0 bridgehead atoms. The highest BCUT2D eigenvalue weighted by Gasteiger charge is 2.51. The molecule has 0 saturated carbocycles. The first-order chi connectivity index (χ1) is 27.3. The summed E-state index contributed by atoms with van der Waals surface area (Å²) in [6, 6.07) is 76.1.